The molecule has 0 aromatic heterocycles. The first kappa shape index (κ1) is 19.9. The first-order valence-electron chi connectivity index (χ1n) is 8.57. The lowest BCUT2D eigenvalue weighted by Gasteiger charge is -2.31. The standard InChI is InChI=1S/C18H39N2/c1-8-9-10-14-19-16(4)12-11-13-17(15(2)3)20-18(5,6)7/h16-17,19-20H,8-14H2,1-7H3. The van der Waals surface area contributed by atoms with Crippen molar-refractivity contribution in [2.75, 3.05) is 6.54 Å². The zero-order valence-electron chi connectivity index (χ0n) is 15.1. The van der Waals surface area contributed by atoms with E-state index in [9.17, 15) is 0 Å². The Kier molecular flexibility index (Phi) is 10.6. The van der Waals surface area contributed by atoms with Crippen LogP contribution < -0.4 is 10.6 Å². The van der Waals surface area contributed by atoms with Gasteiger partial charge in [-0.15, -0.1) is 0 Å². The zero-order valence-corrected chi connectivity index (χ0v) is 15.1. The number of rotatable bonds is 11. The fourth-order valence-electron chi connectivity index (χ4n) is 2.48. The fourth-order valence-corrected chi connectivity index (χ4v) is 2.48. The van der Waals surface area contributed by atoms with Gasteiger partial charge in [-0.3, -0.25) is 0 Å². The van der Waals surface area contributed by atoms with Crippen molar-refractivity contribution in [2.45, 2.75) is 105 Å². The second kappa shape index (κ2) is 10.6. The molecule has 0 aromatic carbocycles. The average molecular weight is 284 g/mol. The van der Waals surface area contributed by atoms with Gasteiger partial charge in [-0.2, -0.15) is 0 Å². The Morgan fingerprint density at radius 3 is 2.15 bits per heavy atom. The normalized spacial score (nSPS) is 15.6. The molecule has 0 spiro atoms. The van der Waals surface area contributed by atoms with Crippen LogP contribution >= 0.6 is 0 Å². The summed E-state index contributed by atoms with van der Waals surface area (Å²) in [7, 11) is 0. The third-order valence-corrected chi connectivity index (χ3v) is 3.71. The van der Waals surface area contributed by atoms with Gasteiger partial charge in [0.1, 0.15) is 0 Å². The Balaban J connectivity index is 3.82. The average Bonchev–Trinajstić information content (AvgIpc) is 2.32. The topological polar surface area (TPSA) is 24.1 Å². The van der Waals surface area contributed by atoms with E-state index in [0.717, 1.165) is 0 Å². The Morgan fingerprint density at radius 2 is 1.65 bits per heavy atom. The predicted octanol–water partition coefficient (Wildman–Crippen LogP) is 4.70. The molecule has 0 aromatic rings. The van der Waals surface area contributed by atoms with E-state index in [-0.39, 0.29) is 5.54 Å². The van der Waals surface area contributed by atoms with Crippen molar-refractivity contribution in [3.8, 4) is 0 Å². The molecular weight excluding hydrogens is 244 g/mol. The van der Waals surface area contributed by atoms with Crippen LogP contribution in [0.3, 0.4) is 0 Å². The maximum atomic E-state index is 3.73. The summed E-state index contributed by atoms with van der Waals surface area (Å²) in [5.74, 6) is 1.50. The van der Waals surface area contributed by atoms with E-state index in [0.29, 0.717) is 12.1 Å². The number of unbranched alkanes of at least 4 members (excludes halogenated alkanes) is 2. The van der Waals surface area contributed by atoms with Gasteiger partial charge < -0.3 is 10.6 Å². The van der Waals surface area contributed by atoms with Gasteiger partial charge >= 0.3 is 0 Å². The van der Waals surface area contributed by atoms with E-state index in [4.69, 9.17) is 0 Å². The van der Waals surface area contributed by atoms with Crippen LogP contribution in [0, 0.1) is 5.92 Å². The Labute approximate surface area is 128 Å². The second-order valence-electron chi connectivity index (χ2n) is 7.52. The van der Waals surface area contributed by atoms with Gasteiger partial charge in [0.05, 0.1) is 0 Å². The molecule has 2 nitrogen and oxygen atoms in total. The van der Waals surface area contributed by atoms with Crippen molar-refractivity contribution in [1.82, 2.24) is 10.6 Å². The molecule has 20 heavy (non-hydrogen) atoms. The lowest BCUT2D eigenvalue weighted by Crippen LogP contribution is -2.45. The molecule has 0 amide bonds. The van der Waals surface area contributed by atoms with E-state index in [1.165, 1.54) is 51.0 Å². The molecule has 0 fully saturated rings. The van der Waals surface area contributed by atoms with Gasteiger partial charge in [-0.1, -0.05) is 40.0 Å². The van der Waals surface area contributed by atoms with Crippen LogP contribution in [0.2, 0.25) is 0 Å². The van der Waals surface area contributed by atoms with Crippen molar-refractivity contribution in [3.63, 3.8) is 0 Å². The van der Waals surface area contributed by atoms with Crippen molar-refractivity contribution in [2.24, 2.45) is 0 Å². The van der Waals surface area contributed by atoms with E-state index >= 15 is 0 Å². The SMILES string of the molecule is CCCCCNC(C)CCCC(NC(C)(C)C)[C](C)C. The van der Waals surface area contributed by atoms with E-state index in [1.54, 1.807) is 0 Å². The molecule has 0 aliphatic heterocycles. The minimum absolute atomic E-state index is 0.200. The van der Waals surface area contributed by atoms with Gasteiger partial charge in [0.25, 0.3) is 0 Å². The largest absolute Gasteiger partial charge is 0.314 e. The molecule has 0 rings (SSSR count). The molecule has 121 valence electrons. The van der Waals surface area contributed by atoms with E-state index in [2.05, 4.69) is 59.1 Å². The van der Waals surface area contributed by atoms with Gasteiger partial charge in [-0.25, -0.2) is 0 Å². The lowest BCUT2D eigenvalue weighted by molar-refractivity contribution is 0.341. The van der Waals surface area contributed by atoms with Crippen LogP contribution in [0.25, 0.3) is 0 Å². The second-order valence-corrected chi connectivity index (χ2v) is 7.52. The fraction of sp³-hybridized carbons (Fsp3) is 0.944. The number of hydrogen-bond donors (Lipinski definition) is 2. The predicted molar refractivity (Wildman–Crippen MR) is 92.1 cm³/mol. The third kappa shape index (κ3) is 11.7. The first-order chi connectivity index (χ1) is 9.26. The molecule has 2 unspecified atom stereocenters. The van der Waals surface area contributed by atoms with Crippen LogP contribution in [0.4, 0.5) is 0 Å². The summed E-state index contributed by atoms with van der Waals surface area (Å²) in [5.41, 5.74) is 0.200. The van der Waals surface area contributed by atoms with Crippen molar-refractivity contribution < 1.29 is 0 Å². The summed E-state index contributed by atoms with van der Waals surface area (Å²) in [5, 5.41) is 7.37. The summed E-state index contributed by atoms with van der Waals surface area (Å²) in [4.78, 5) is 0. The molecule has 0 bridgehead atoms. The van der Waals surface area contributed by atoms with Crippen molar-refractivity contribution >= 4 is 0 Å². The molecule has 0 saturated heterocycles. The molecule has 2 atom stereocenters. The summed E-state index contributed by atoms with van der Waals surface area (Å²) in [6.45, 7) is 17.0. The zero-order chi connectivity index (χ0) is 15.6. The Morgan fingerprint density at radius 1 is 1.00 bits per heavy atom. The van der Waals surface area contributed by atoms with E-state index < -0.39 is 0 Å². The first-order valence-corrected chi connectivity index (χ1v) is 8.57. The molecular formula is C18H39N2. The lowest BCUT2D eigenvalue weighted by atomic mass is 9.94. The molecule has 0 aliphatic rings. The van der Waals surface area contributed by atoms with Crippen LogP contribution in [0.15, 0.2) is 0 Å². The quantitative estimate of drug-likeness (QED) is 0.537. The maximum Gasteiger partial charge on any atom is 0.0129 e. The van der Waals surface area contributed by atoms with Gasteiger partial charge in [-0.05, 0) is 59.4 Å². The van der Waals surface area contributed by atoms with Gasteiger partial charge in [0.2, 0.25) is 0 Å². The molecule has 0 aliphatic carbocycles. The highest BCUT2D eigenvalue weighted by molar-refractivity contribution is 4.96. The van der Waals surface area contributed by atoms with Crippen LogP contribution in [0.5, 0.6) is 0 Å². The van der Waals surface area contributed by atoms with Gasteiger partial charge in [0.15, 0.2) is 0 Å². The third-order valence-electron chi connectivity index (χ3n) is 3.71. The molecule has 1 radical (unpaired) electrons. The summed E-state index contributed by atoms with van der Waals surface area (Å²) in [6, 6.07) is 1.21. The Bertz CT molecular complexity index is 218. The summed E-state index contributed by atoms with van der Waals surface area (Å²) < 4.78 is 0. The van der Waals surface area contributed by atoms with Crippen LogP contribution in [-0.2, 0) is 0 Å². The highest BCUT2D eigenvalue weighted by Crippen LogP contribution is 2.16. The molecule has 0 heterocycles. The van der Waals surface area contributed by atoms with Crippen LogP contribution in [0.1, 0.15) is 87.0 Å². The van der Waals surface area contributed by atoms with Gasteiger partial charge in [0, 0.05) is 17.6 Å². The molecule has 2 heteroatoms. The highest BCUT2D eigenvalue weighted by Gasteiger charge is 2.20. The van der Waals surface area contributed by atoms with Crippen LogP contribution in [-0.4, -0.2) is 24.2 Å². The highest BCUT2D eigenvalue weighted by atomic mass is 15.0. The van der Waals surface area contributed by atoms with Crippen molar-refractivity contribution in [3.05, 3.63) is 5.92 Å². The molecule has 2 N–H and O–H groups in total. The minimum atomic E-state index is 0.200. The smallest absolute Gasteiger partial charge is 0.0129 e. The summed E-state index contributed by atoms with van der Waals surface area (Å²) in [6.07, 6.45) is 7.79. The number of hydrogen-bond acceptors (Lipinski definition) is 2. The number of nitrogens with one attached hydrogen (secondary N) is 2. The molecule has 0 saturated carbocycles. The maximum absolute atomic E-state index is 3.73. The minimum Gasteiger partial charge on any atom is -0.314 e. The van der Waals surface area contributed by atoms with E-state index in [1.807, 2.05) is 0 Å². The summed E-state index contributed by atoms with van der Waals surface area (Å²) >= 11 is 0. The monoisotopic (exact) mass is 283 g/mol. The Hall–Kier alpha value is -0.0800. The van der Waals surface area contributed by atoms with Crippen molar-refractivity contribution in [1.29, 1.82) is 0 Å².